The molecule has 5 heteroatoms. The Hall–Kier alpha value is -2.82. The first-order valence-electron chi connectivity index (χ1n) is 8.27. The van der Waals surface area contributed by atoms with Gasteiger partial charge in [-0.05, 0) is 29.7 Å². The van der Waals surface area contributed by atoms with E-state index in [2.05, 4.69) is 5.32 Å². The molecule has 0 heterocycles. The molecule has 0 aliphatic carbocycles. The molecule has 0 atom stereocenters. The van der Waals surface area contributed by atoms with Crippen LogP contribution in [0.15, 0.2) is 54.6 Å². The highest BCUT2D eigenvalue weighted by molar-refractivity contribution is 5.83. The molecule has 2 aromatic rings. The van der Waals surface area contributed by atoms with E-state index in [1.54, 1.807) is 7.11 Å². The lowest BCUT2D eigenvalue weighted by atomic mass is 10.1. The van der Waals surface area contributed by atoms with Gasteiger partial charge >= 0.3 is 0 Å². The van der Waals surface area contributed by atoms with Crippen LogP contribution in [0.1, 0.15) is 18.1 Å². The summed E-state index contributed by atoms with van der Waals surface area (Å²) in [7, 11) is 1.61. The predicted molar refractivity (Wildman–Crippen MR) is 97.2 cm³/mol. The molecule has 2 aromatic carbocycles. The van der Waals surface area contributed by atoms with Gasteiger partial charge in [0.25, 0.3) is 0 Å². The van der Waals surface area contributed by atoms with Gasteiger partial charge in [-0.15, -0.1) is 0 Å². The molecular formula is C20H24N2O3. The molecule has 25 heavy (non-hydrogen) atoms. The molecule has 132 valence electrons. The Balaban J connectivity index is 1.83. The van der Waals surface area contributed by atoms with E-state index in [0.717, 1.165) is 17.7 Å². The summed E-state index contributed by atoms with van der Waals surface area (Å²) in [4.78, 5) is 25.5. The van der Waals surface area contributed by atoms with Crippen LogP contribution in [0.25, 0.3) is 0 Å². The van der Waals surface area contributed by atoms with Gasteiger partial charge in [-0.3, -0.25) is 9.59 Å². The van der Waals surface area contributed by atoms with Gasteiger partial charge < -0.3 is 15.0 Å². The minimum Gasteiger partial charge on any atom is -0.497 e. The molecule has 0 bridgehead atoms. The number of rotatable bonds is 8. The second-order valence-electron chi connectivity index (χ2n) is 5.81. The topological polar surface area (TPSA) is 58.6 Å². The van der Waals surface area contributed by atoms with Gasteiger partial charge in [0, 0.05) is 20.0 Å². The molecule has 0 unspecified atom stereocenters. The van der Waals surface area contributed by atoms with E-state index in [1.807, 2.05) is 54.6 Å². The SMILES string of the molecule is COc1ccc(CN(CC(=O)NCCc2ccccc2)C(C)=O)cc1. The fourth-order valence-corrected chi connectivity index (χ4v) is 2.45. The lowest BCUT2D eigenvalue weighted by molar-refractivity contribution is -0.134. The number of hydrogen-bond acceptors (Lipinski definition) is 3. The van der Waals surface area contributed by atoms with Gasteiger partial charge in [-0.1, -0.05) is 42.5 Å². The third-order valence-corrected chi connectivity index (χ3v) is 3.89. The molecule has 0 spiro atoms. The van der Waals surface area contributed by atoms with Crippen LogP contribution in [0.5, 0.6) is 5.75 Å². The Morgan fingerprint density at radius 3 is 2.28 bits per heavy atom. The van der Waals surface area contributed by atoms with E-state index < -0.39 is 0 Å². The molecule has 0 saturated carbocycles. The number of carbonyl (C=O) groups excluding carboxylic acids is 2. The van der Waals surface area contributed by atoms with Gasteiger partial charge in [0.15, 0.2) is 0 Å². The number of amides is 2. The average Bonchev–Trinajstić information content (AvgIpc) is 2.62. The smallest absolute Gasteiger partial charge is 0.239 e. The quantitative estimate of drug-likeness (QED) is 0.803. The number of carbonyl (C=O) groups is 2. The second kappa shape index (κ2) is 9.47. The number of hydrogen-bond donors (Lipinski definition) is 1. The summed E-state index contributed by atoms with van der Waals surface area (Å²) in [5.41, 5.74) is 2.12. The number of methoxy groups -OCH3 is 1. The highest BCUT2D eigenvalue weighted by Crippen LogP contribution is 2.13. The van der Waals surface area contributed by atoms with Crippen molar-refractivity contribution in [2.75, 3.05) is 20.2 Å². The lowest BCUT2D eigenvalue weighted by Gasteiger charge is -2.20. The normalized spacial score (nSPS) is 10.2. The van der Waals surface area contributed by atoms with Crippen LogP contribution < -0.4 is 10.1 Å². The van der Waals surface area contributed by atoms with E-state index in [1.165, 1.54) is 17.4 Å². The number of ether oxygens (including phenoxy) is 1. The van der Waals surface area contributed by atoms with Gasteiger partial charge in [-0.2, -0.15) is 0 Å². The molecule has 1 N–H and O–H groups in total. The minimum absolute atomic E-state index is 0.0517. The molecule has 0 aromatic heterocycles. The zero-order valence-electron chi connectivity index (χ0n) is 14.7. The minimum atomic E-state index is -0.153. The van der Waals surface area contributed by atoms with Crippen molar-refractivity contribution < 1.29 is 14.3 Å². The van der Waals surface area contributed by atoms with Crippen molar-refractivity contribution in [2.45, 2.75) is 19.9 Å². The number of nitrogens with zero attached hydrogens (tertiary/aromatic N) is 1. The maximum absolute atomic E-state index is 12.1. The van der Waals surface area contributed by atoms with Crippen LogP contribution >= 0.6 is 0 Å². The zero-order valence-corrected chi connectivity index (χ0v) is 14.7. The summed E-state index contributed by atoms with van der Waals surface area (Å²) in [5.74, 6) is 0.477. The Morgan fingerprint density at radius 1 is 1.00 bits per heavy atom. The summed E-state index contributed by atoms with van der Waals surface area (Å²) >= 11 is 0. The average molecular weight is 340 g/mol. The van der Waals surface area contributed by atoms with Crippen LogP contribution in [0.2, 0.25) is 0 Å². The highest BCUT2D eigenvalue weighted by atomic mass is 16.5. The summed E-state index contributed by atoms with van der Waals surface area (Å²) in [5, 5.41) is 2.87. The van der Waals surface area contributed by atoms with Crippen molar-refractivity contribution in [2.24, 2.45) is 0 Å². The largest absolute Gasteiger partial charge is 0.497 e. The van der Waals surface area contributed by atoms with E-state index >= 15 is 0 Å². The fourth-order valence-electron chi connectivity index (χ4n) is 2.45. The van der Waals surface area contributed by atoms with Crippen LogP contribution in [-0.2, 0) is 22.6 Å². The third-order valence-electron chi connectivity index (χ3n) is 3.89. The van der Waals surface area contributed by atoms with Crippen molar-refractivity contribution in [1.82, 2.24) is 10.2 Å². The van der Waals surface area contributed by atoms with Crippen molar-refractivity contribution in [3.63, 3.8) is 0 Å². The molecule has 0 radical (unpaired) electrons. The Kier molecular flexibility index (Phi) is 7.01. The highest BCUT2D eigenvalue weighted by Gasteiger charge is 2.14. The van der Waals surface area contributed by atoms with Crippen LogP contribution in [-0.4, -0.2) is 36.9 Å². The molecule has 5 nitrogen and oxygen atoms in total. The monoisotopic (exact) mass is 340 g/mol. The predicted octanol–water partition coefficient (Wildman–Crippen LogP) is 2.40. The summed E-state index contributed by atoms with van der Waals surface area (Å²) in [6, 6.07) is 17.4. The maximum atomic E-state index is 12.1. The Bertz CT molecular complexity index is 684. The first kappa shape index (κ1) is 18.5. The molecule has 0 aliphatic rings. The van der Waals surface area contributed by atoms with E-state index in [0.29, 0.717) is 13.1 Å². The van der Waals surface area contributed by atoms with Gasteiger partial charge in [0.2, 0.25) is 11.8 Å². The van der Waals surface area contributed by atoms with Gasteiger partial charge in [-0.25, -0.2) is 0 Å². The van der Waals surface area contributed by atoms with E-state index in [4.69, 9.17) is 4.74 Å². The van der Waals surface area contributed by atoms with Crippen LogP contribution in [0, 0.1) is 0 Å². The number of benzene rings is 2. The molecular weight excluding hydrogens is 316 g/mol. The fraction of sp³-hybridized carbons (Fsp3) is 0.300. The molecule has 0 saturated heterocycles. The first-order valence-corrected chi connectivity index (χ1v) is 8.27. The lowest BCUT2D eigenvalue weighted by Crippen LogP contribution is -2.39. The molecule has 2 rings (SSSR count). The van der Waals surface area contributed by atoms with Crippen molar-refractivity contribution in [3.05, 3.63) is 65.7 Å². The Labute approximate surface area is 148 Å². The standard InChI is InChI=1S/C20H24N2O3/c1-16(23)22(14-18-8-10-19(25-2)11-9-18)15-20(24)21-13-12-17-6-4-3-5-7-17/h3-11H,12-15H2,1-2H3,(H,21,24). The summed E-state index contributed by atoms with van der Waals surface area (Å²) in [6.45, 7) is 2.47. The van der Waals surface area contributed by atoms with Crippen molar-refractivity contribution in [3.8, 4) is 5.75 Å². The molecule has 0 aliphatic heterocycles. The molecule has 0 fully saturated rings. The summed E-state index contributed by atoms with van der Waals surface area (Å²) < 4.78 is 5.12. The first-order chi connectivity index (χ1) is 12.1. The van der Waals surface area contributed by atoms with E-state index in [9.17, 15) is 9.59 Å². The van der Waals surface area contributed by atoms with Crippen LogP contribution in [0.3, 0.4) is 0 Å². The Morgan fingerprint density at radius 2 is 1.68 bits per heavy atom. The second-order valence-corrected chi connectivity index (χ2v) is 5.81. The maximum Gasteiger partial charge on any atom is 0.239 e. The third kappa shape index (κ3) is 6.30. The van der Waals surface area contributed by atoms with Crippen molar-refractivity contribution >= 4 is 11.8 Å². The van der Waals surface area contributed by atoms with Crippen molar-refractivity contribution in [1.29, 1.82) is 0 Å². The molecule has 2 amide bonds. The number of nitrogens with one attached hydrogen (secondary N) is 1. The van der Waals surface area contributed by atoms with Gasteiger partial charge in [0.1, 0.15) is 5.75 Å². The van der Waals surface area contributed by atoms with E-state index in [-0.39, 0.29) is 18.4 Å². The zero-order chi connectivity index (χ0) is 18.1. The summed E-state index contributed by atoms with van der Waals surface area (Å²) in [6.07, 6.45) is 0.769. The van der Waals surface area contributed by atoms with Gasteiger partial charge in [0.05, 0.1) is 13.7 Å². The van der Waals surface area contributed by atoms with Crippen LogP contribution in [0.4, 0.5) is 0 Å².